The van der Waals surface area contributed by atoms with Gasteiger partial charge in [-0.2, -0.15) is 0 Å². The Hall–Kier alpha value is -4.44. The molecule has 5 rings (SSSR count). The van der Waals surface area contributed by atoms with Crippen LogP contribution in [0.2, 0.25) is 0 Å². The summed E-state index contributed by atoms with van der Waals surface area (Å²) >= 11 is 0. The molecule has 0 aliphatic heterocycles. The van der Waals surface area contributed by atoms with Gasteiger partial charge in [0.2, 0.25) is 0 Å². The van der Waals surface area contributed by atoms with Crippen molar-refractivity contribution in [2.24, 2.45) is 0 Å². The summed E-state index contributed by atoms with van der Waals surface area (Å²) < 4.78 is 0. The van der Waals surface area contributed by atoms with Crippen LogP contribution in [0.1, 0.15) is 13.8 Å². The van der Waals surface area contributed by atoms with Crippen molar-refractivity contribution in [1.82, 2.24) is 9.97 Å². The molecule has 3 aromatic carbocycles. The van der Waals surface area contributed by atoms with Crippen LogP contribution >= 0.6 is 0 Å². The molecule has 2 heterocycles. The van der Waals surface area contributed by atoms with Crippen LogP contribution in [0.5, 0.6) is 0 Å². The Balaban J connectivity index is 0.000000500. The number of aromatic nitrogens is 2. The third-order valence-corrected chi connectivity index (χ3v) is 3.97. The molecule has 0 saturated carbocycles. The number of hydrogen-bond donors (Lipinski definition) is 0. The molecular formula is C32H28N2O4Pd-4. The molecule has 5 aromatic rings. The molecule has 0 N–H and O–H groups in total. The number of carboxylic acids is 2. The van der Waals surface area contributed by atoms with Crippen LogP contribution in [-0.4, -0.2) is 21.9 Å². The zero-order chi connectivity index (χ0) is 27.8. The molecule has 0 aliphatic rings. The Morgan fingerprint density at radius 3 is 1.08 bits per heavy atom. The van der Waals surface area contributed by atoms with E-state index < -0.39 is 11.9 Å². The summed E-state index contributed by atoms with van der Waals surface area (Å²) in [4.78, 5) is 26.2. The van der Waals surface area contributed by atoms with Crippen molar-refractivity contribution < 1.29 is 40.2 Å². The SMILES string of the molecule is CC(=O)[O-].CC(=O)[O-].[Pd].[c-]1ccccc1-c1ccccn1.[c-]1ccccc1-c1ccccn1.c1ccccc1. The van der Waals surface area contributed by atoms with Gasteiger partial charge in [-0.25, -0.2) is 0 Å². The number of nitrogens with zero attached hydrogens (tertiary/aromatic N) is 2. The molecule has 2 aromatic heterocycles. The predicted molar refractivity (Wildman–Crippen MR) is 145 cm³/mol. The predicted octanol–water partition coefficient (Wildman–Crippen LogP) is 4.29. The summed E-state index contributed by atoms with van der Waals surface area (Å²) in [7, 11) is 0. The van der Waals surface area contributed by atoms with E-state index in [4.69, 9.17) is 19.8 Å². The first-order valence-electron chi connectivity index (χ1n) is 11.5. The minimum absolute atomic E-state index is 0. The number of benzene rings is 3. The molecule has 0 atom stereocenters. The fourth-order valence-corrected chi connectivity index (χ4v) is 2.53. The fourth-order valence-electron chi connectivity index (χ4n) is 2.53. The van der Waals surface area contributed by atoms with Crippen molar-refractivity contribution in [1.29, 1.82) is 0 Å². The van der Waals surface area contributed by atoms with Crippen molar-refractivity contribution in [3.63, 3.8) is 0 Å². The van der Waals surface area contributed by atoms with E-state index in [9.17, 15) is 0 Å². The second kappa shape index (κ2) is 22.7. The molecule has 0 saturated heterocycles. The maximum Gasteiger partial charge on any atom is 0.0383 e. The number of hydrogen-bond acceptors (Lipinski definition) is 6. The topological polar surface area (TPSA) is 106 Å². The monoisotopic (exact) mass is 610 g/mol. The molecule has 0 unspecified atom stereocenters. The fraction of sp³-hybridized carbons (Fsp3) is 0.0625. The van der Waals surface area contributed by atoms with Gasteiger partial charge >= 0.3 is 0 Å². The molecular weight excluding hydrogens is 583 g/mol. The van der Waals surface area contributed by atoms with Crippen LogP contribution in [0, 0.1) is 12.1 Å². The van der Waals surface area contributed by atoms with Crippen LogP contribution in [-0.2, 0) is 30.0 Å². The van der Waals surface area contributed by atoms with Gasteiger partial charge in [0.25, 0.3) is 0 Å². The summed E-state index contributed by atoms with van der Waals surface area (Å²) in [5, 5.41) is 17.8. The van der Waals surface area contributed by atoms with E-state index in [1.54, 1.807) is 12.4 Å². The van der Waals surface area contributed by atoms with Gasteiger partial charge in [-0.05, 0) is 37.4 Å². The average molecular weight is 611 g/mol. The maximum absolute atomic E-state index is 8.89. The number of pyridine rings is 2. The Kier molecular flexibility index (Phi) is 20.1. The van der Waals surface area contributed by atoms with Gasteiger partial charge in [-0.3, -0.25) is 0 Å². The molecule has 0 spiro atoms. The second-order valence-electron chi connectivity index (χ2n) is 7.12. The quantitative estimate of drug-likeness (QED) is 0.218. The van der Waals surface area contributed by atoms with E-state index in [-0.39, 0.29) is 20.4 Å². The summed E-state index contributed by atoms with van der Waals surface area (Å²) in [6.07, 6.45) is 3.58. The van der Waals surface area contributed by atoms with E-state index in [1.807, 2.05) is 121 Å². The first kappa shape index (κ1) is 34.6. The van der Waals surface area contributed by atoms with Crippen molar-refractivity contribution in [3.05, 3.63) is 146 Å². The molecule has 0 radical (unpaired) electrons. The summed E-state index contributed by atoms with van der Waals surface area (Å²) in [5.74, 6) is -2.17. The maximum atomic E-state index is 8.89. The molecule has 0 fully saturated rings. The average Bonchev–Trinajstić information content (AvgIpc) is 2.96. The van der Waals surface area contributed by atoms with Gasteiger partial charge in [0.15, 0.2) is 0 Å². The number of aliphatic carboxylic acids is 2. The number of carbonyl (C=O) groups excluding carboxylic acids is 2. The van der Waals surface area contributed by atoms with Gasteiger partial charge in [-0.1, -0.05) is 60.7 Å². The third-order valence-electron chi connectivity index (χ3n) is 3.97. The minimum Gasteiger partial charge on any atom is -0.550 e. The van der Waals surface area contributed by atoms with Gasteiger partial charge in [-0.15, -0.1) is 71.8 Å². The van der Waals surface area contributed by atoms with Gasteiger partial charge in [0.05, 0.1) is 0 Å². The third kappa shape index (κ3) is 19.4. The first-order chi connectivity index (χ1) is 18.4. The molecule has 204 valence electrons. The van der Waals surface area contributed by atoms with E-state index in [2.05, 4.69) is 22.1 Å². The smallest absolute Gasteiger partial charge is 0.0383 e. The van der Waals surface area contributed by atoms with Crippen molar-refractivity contribution in [2.75, 3.05) is 0 Å². The zero-order valence-electron chi connectivity index (χ0n) is 21.5. The second-order valence-corrected chi connectivity index (χ2v) is 7.12. The van der Waals surface area contributed by atoms with Crippen LogP contribution in [0.15, 0.2) is 134 Å². The van der Waals surface area contributed by atoms with Crippen molar-refractivity contribution in [2.45, 2.75) is 13.8 Å². The summed E-state index contributed by atoms with van der Waals surface area (Å²) in [6, 6.07) is 45.6. The number of carboxylic acid groups (broad SMARTS) is 2. The van der Waals surface area contributed by atoms with Crippen LogP contribution < -0.4 is 10.2 Å². The Bertz CT molecular complexity index is 1060. The number of rotatable bonds is 2. The van der Waals surface area contributed by atoms with Gasteiger partial charge in [0, 0.05) is 44.8 Å². The van der Waals surface area contributed by atoms with Gasteiger partial charge < -0.3 is 29.8 Å². The van der Waals surface area contributed by atoms with Crippen molar-refractivity contribution in [3.8, 4) is 22.5 Å². The molecule has 0 amide bonds. The summed E-state index contributed by atoms with van der Waals surface area (Å²) in [5.41, 5.74) is 4.02. The molecule has 7 heteroatoms. The van der Waals surface area contributed by atoms with Crippen molar-refractivity contribution >= 4 is 11.9 Å². The van der Waals surface area contributed by atoms with E-state index in [1.165, 1.54) is 0 Å². The van der Waals surface area contributed by atoms with Crippen LogP contribution in [0.25, 0.3) is 22.5 Å². The van der Waals surface area contributed by atoms with E-state index in [0.29, 0.717) is 0 Å². The summed E-state index contributed by atoms with van der Waals surface area (Å²) in [6.45, 7) is 1.94. The van der Waals surface area contributed by atoms with Crippen LogP contribution in [0.3, 0.4) is 0 Å². The van der Waals surface area contributed by atoms with Gasteiger partial charge in [0.1, 0.15) is 0 Å². The van der Waals surface area contributed by atoms with E-state index >= 15 is 0 Å². The first-order valence-corrected chi connectivity index (χ1v) is 11.5. The zero-order valence-corrected chi connectivity index (χ0v) is 23.1. The Morgan fingerprint density at radius 2 is 0.846 bits per heavy atom. The number of carbonyl (C=O) groups is 2. The molecule has 0 aliphatic carbocycles. The minimum atomic E-state index is -1.08. The Morgan fingerprint density at radius 1 is 0.538 bits per heavy atom. The Labute approximate surface area is 243 Å². The van der Waals surface area contributed by atoms with Crippen LogP contribution in [0.4, 0.5) is 0 Å². The standard InChI is InChI=1S/2C11H8N.C6H6.2C2H4O2.Pd/c2*1-2-6-10(7-3-1)11-8-4-5-9-12-11;1-2-4-6-5-3-1;2*1-2(3)4;/h2*1-6,8-9H;1-6H;2*1H3,(H,3,4);/q2*-1;;;;/p-2. The molecule has 6 nitrogen and oxygen atoms in total. The normalized spacial score (nSPS) is 8.46. The molecule has 39 heavy (non-hydrogen) atoms. The largest absolute Gasteiger partial charge is 0.550 e. The molecule has 0 bridgehead atoms. The van der Waals surface area contributed by atoms with E-state index in [0.717, 1.165) is 36.4 Å².